The predicted molar refractivity (Wildman–Crippen MR) is 190 cm³/mol. The third kappa shape index (κ3) is 5.74. The van der Waals surface area contributed by atoms with E-state index in [9.17, 15) is 0 Å². The lowest BCUT2D eigenvalue weighted by atomic mass is 10.0. The third-order valence-corrected chi connectivity index (χ3v) is 13.8. The first-order chi connectivity index (χ1) is 22.8. The summed E-state index contributed by atoms with van der Waals surface area (Å²) in [6.07, 6.45) is 1.71. The standard InChI is InChI=1S/C38H37ClF2N4OSi/c1-24(2)33-35(25(3)20-21-42-33)45-23-43-36(39)28-22-30(41)34(44-37(28)45)32-29(40)18-13-19-31(32)46-47(38(4,5)6,26-14-9-7-10-15-26)27-16-11-8-12-17-27/h7-22,24H,23H2,1-6H3/i23D. The molecule has 1 aliphatic heterocycles. The van der Waals surface area contributed by atoms with Crippen molar-refractivity contribution < 1.29 is 14.6 Å². The van der Waals surface area contributed by atoms with E-state index in [1.807, 2.05) is 87.5 Å². The number of fused-ring (bicyclic) bond motifs is 1. The van der Waals surface area contributed by atoms with Gasteiger partial charge in [-0.15, -0.1) is 0 Å². The zero-order chi connectivity index (χ0) is 34.4. The van der Waals surface area contributed by atoms with Crippen LogP contribution in [0.4, 0.5) is 20.3 Å². The first-order valence-corrected chi connectivity index (χ1v) is 17.8. The zero-order valence-corrected chi connectivity index (χ0v) is 29.0. The van der Waals surface area contributed by atoms with Crippen LogP contribution in [0.2, 0.25) is 5.04 Å². The van der Waals surface area contributed by atoms with Crippen LogP contribution in [0.25, 0.3) is 11.3 Å². The van der Waals surface area contributed by atoms with Gasteiger partial charge in [0, 0.05) is 6.20 Å². The first kappa shape index (κ1) is 31.2. The van der Waals surface area contributed by atoms with Crippen molar-refractivity contribution in [2.24, 2.45) is 4.99 Å². The zero-order valence-electron chi connectivity index (χ0n) is 28.2. The summed E-state index contributed by atoms with van der Waals surface area (Å²) < 4.78 is 48.8. The minimum atomic E-state index is -3.24. The number of halogens is 3. The molecule has 1 atom stereocenters. The van der Waals surface area contributed by atoms with Crippen molar-refractivity contribution in [3.05, 3.63) is 126 Å². The van der Waals surface area contributed by atoms with Crippen molar-refractivity contribution in [1.82, 2.24) is 9.97 Å². The van der Waals surface area contributed by atoms with Crippen LogP contribution < -0.4 is 19.7 Å². The van der Waals surface area contributed by atoms with E-state index in [0.29, 0.717) is 5.69 Å². The maximum absolute atomic E-state index is 16.4. The monoisotopic (exact) mass is 667 g/mol. The van der Waals surface area contributed by atoms with Gasteiger partial charge < -0.3 is 9.33 Å². The van der Waals surface area contributed by atoms with Gasteiger partial charge in [0.15, 0.2) is 5.82 Å². The van der Waals surface area contributed by atoms with E-state index < -0.39 is 31.6 Å². The van der Waals surface area contributed by atoms with Crippen LogP contribution in [0.15, 0.2) is 102 Å². The molecule has 5 aromatic rings. The molecule has 9 heteroatoms. The number of hydrogen-bond donors (Lipinski definition) is 0. The molecule has 0 fully saturated rings. The van der Waals surface area contributed by atoms with Gasteiger partial charge >= 0.3 is 8.32 Å². The Morgan fingerprint density at radius 3 is 2.15 bits per heavy atom. The smallest absolute Gasteiger partial charge is 0.319 e. The Labute approximate surface area is 282 Å². The molecule has 6 rings (SSSR count). The number of nitrogens with zero attached hydrogens (tertiary/aromatic N) is 4. The summed E-state index contributed by atoms with van der Waals surface area (Å²) in [4.78, 5) is 15.3. The highest BCUT2D eigenvalue weighted by molar-refractivity contribution is 7.00. The molecule has 1 aliphatic rings. The molecule has 0 bridgehead atoms. The molecule has 0 radical (unpaired) electrons. The van der Waals surface area contributed by atoms with Crippen LogP contribution in [-0.2, 0) is 0 Å². The van der Waals surface area contributed by atoms with E-state index in [0.717, 1.165) is 21.6 Å². The van der Waals surface area contributed by atoms with Crippen LogP contribution in [0.3, 0.4) is 0 Å². The number of aromatic nitrogens is 2. The third-order valence-electron chi connectivity index (χ3n) is 8.53. The van der Waals surface area contributed by atoms with Gasteiger partial charge in [0.1, 0.15) is 34.9 Å². The van der Waals surface area contributed by atoms with Gasteiger partial charge in [0.25, 0.3) is 0 Å². The van der Waals surface area contributed by atoms with Gasteiger partial charge in [0.2, 0.25) is 0 Å². The normalized spacial score (nSPS) is 15.3. The Hall–Kier alpha value is -4.40. The molecule has 5 nitrogen and oxygen atoms in total. The van der Waals surface area contributed by atoms with E-state index in [4.69, 9.17) is 22.4 Å². The van der Waals surface area contributed by atoms with Crippen LogP contribution in [0.1, 0.15) is 58.7 Å². The lowest BCUT2D eigenvalue weighted by Gasteiger charge is -2.43. The molecule has 3 heterocycles. The lowest BCUT2D eigenvalue weighted by Crippen LogP contribution is -2.68. The van der Waals surface area contributed by atoms with Gasteiger partial charge in [-0.3, -0.25) is 9.98 Å². The largest absolute Gasteiger partial charge is 0.533 e. The molecule has 0 aliphatic carbocycles. The predicted octanol–water partition coefficient (Wildman–Crippen LogP) is 8.89. The average molecular weight is 668 g/mol. The highest BCUT2D eigenvalue weighted by atomic mass is 35.5. The van der Waals surface area contributed by atoms with Crippen LogP contribution in [0.5, 0.6) is 5.75 Å². The van der Waals surface area contributed by atoms with E-state index in [1.165, 1.54) is 12.1 Å². The number of aliphatic imine (C=N–C) groups is 1. The maximum atomic E-state index is 16.4. The highest BCUT2D eigenvalue weighted by Gasteiger charge is 2.52. The average Bonchev–Trinajstić information content (AvgIpc) is 3.05. The Kier molecular flexibility index (Phi) is 8.40. The fourth-order valence-corrected chi connectivity index (χ4v) is 10.9. The van der Waals surface area contributed by atoms with Crippen molar-refractivity contribution in [3.63, 3.8) is 0 Å². The van der Waals surface area contributed by atoms with Gasteiger partial charge in [-0.25, -0.2) is 13.8 Å². The van der Waals surface area contributed by atoms with Gasteiger partial charge in [-0.1, -0.05) is 113 Å². The minimum Gasteiger partial charge on any atom is -0.533 e. The van der Waals surface area contributed by atoms with Crippen molar-refractivity contribution in [2.75, 3.05) is 11.5 Å². The Morgan fingerprint density at radius 1 is 0.915 bits per heavy atom. The summed E-state index contributed by atoms with van der Waals surface area (Å²) in [7, 11) is -3.24. The highest BCUT2D eigenvalue weighted by Crippen LogP contribution is 2.44. The van der Waals surface area contributed by atoms with Crippen molar-refractivity contribution >= 4 is 47.0 Å². The molecular weight excluding hydrogens is 630 g/mol. The number of aryl methyl sites for hydroxylation is 1. The summed E-state index contributed by atoms with van der Waals surface area (Å²) in [6.45, 7) is 11.0. The quantitative estimate of drug-likeness (QED) is 0.163. The molecule has 3 aromatic carbocycles. The summed E-state index contributed by atoms with van der Waals surface area (Å²) in [6, 6.07) is 27.5. The number of rotatable bonds is 7. The van der Waals surface area contributed by atoms with Crippen LogP contribution in [-0.4, -0.2) is 30.1 Å². The molecule has 0 amide bonds. The van der Waals surface area contributed by atoms with Crippen LogP contribution >= 0.6 is 11.6 Å². The Bertz CT molecular complexity index is 1960. The Morgan fingerprint density at radius 2 is 1.55 bits per heavy atom. The van der Waals surface area contributed by atoms with Crippen LogP contribution in [0, 0.1) is 18.6 Å². The minimum absolute atomic E-state index is 0.00475. The summed E-state index contributed by atoms with van der Waals surface area (Å²) >= 11 is 6.53. The molecule has 0 saturated carbocycles. The number of benzene rings is 3. The van der Waals surface area contributed by atoms with Gasteiger partial charge in [0.05, 0.1) is 23.9 Å². The molecule has 47 heavy (non-hydrogen) atoms. The number of pyridine rings is 2. The summed E-state index contributed by atoms with van der Waals surface area (Å²) in [5, 5.41) is 1.48. The second-order valence-corrected chi connectivity index (χ2v) is 17.6. The van der Waals surface area contributed by atoms with Crippen molar-refractivity contribution in [2.45, 2.75) is 52.5 Å². The molecule has 2 aromatic heterocycles. The molecule has 0 spiro atoms. The van der Waals surface area contributed by atoms with Crippen molar-refractivity contribution in [1.29, 1.82) is 0 Å². The van der Waals surface area contributed by atoms with E-state index in [-0.39, 0.29) is 39.5 Å². The van der Waals surface area contributed by atoms with E-state index in [1.54, 1.807) is 23.2 Å². The second-order valence-electron chi connectivity index (χ2n) is 13.0. The second kappa shape index (κ2) is 12.7. The van der Waals surface area contributed by atoms with Gasteiger partial charge in [-0.05, 0) is 58.1 Å². The number of hydrogen-bond acceptors (Lipinski definition) is 5. The summed E-state index contributed by atoms with van der Waals surface area (Å²) in [5.74, 6) is -1.14. The van der Waals surface area contributed by atoms with E-state index >= 15 is 8.78 Å². The SMILES string of the molecule is [2H]C1N=C(Cl)c2cc(F)c(-c3c(F)cccc3O[Si](c3ccccc3)(c3ccccc3)C(C)(C)C)nc2N1c1c(C)ccnc1C(C)C. The number of anilines is 2. The maximum Gasteiger partial charge on any atom is 0.319 e. The molecular formula is C38H37ClF2N4OSi. The molecule has 0 N–H and O–H groups in total. The topological polar surface area (TPSA) is 50.6 Å². The first-order valence-electron chi connectivity index (χ1n) is 16.1. The fraction of sp³-hybridized carbons (Fsp3) is 0.237. The van der Waals surface area contributed by atoms with Gasteiger partial charge in [-0.2, -0.15) is 0 Å². The molecule has 240 valence electrons. The van der Waals surface area contributed by atoms with Crippen molar-refractivity contribution in [3.8, 4) is 17.0 Å². The van der Waals surface area contributed by atoms with E-state index in [2.05, 4.69) is 30.7 Å². The summed E-state index contributed by atoms with van der Waals surface area (Å²) in [5.41, 5.74) is 2.02. The lowest BCUT2D eigenvalue weighted by molar-refractivity contribution is 0.503. The Balaban J connectivity index is 1.61. The fourth-order valence-electron chi connectivity index (χ4n) is 6.33. The molecule has 1 unspecified atom stereocenters. The molecule has 0 saturated heterocycles.